The molecule has 1 N–H and O–H groups in total. The van der Waals surface area contributed by atoms with Crippen LogP contribution in [0.5, 0.6) is 0 Å². The molecule has 2 unspecified atom stereocenters. The zero-order valence-corrected chi connectivity index (χ0v) is 16.7. The molecule has 1 aliphatic carbocycles. The minimum Gasteiger partial charge on any atom is -0.273 e. The van der Waals surface area contributed by atoms with Crippen molar-refractivity contribution in [1.82, 2.24) is 5.43 Å². The smallest absolute Gasteiger partial charge is 0.273 e. The fraction of sp³-hybridized carbons (Fsp3) is 0.333. The molecule has 0 spiro atoms. The highest BCUT2D eigenvalue weighted by Crippen LogP contribution is 2.47. The minimum atomic E-state index is -0.558. The molecular formula is C21H22ClN3O3. The molecule has 1 amide bonds. The summed E-state index contributed by atoms with van der Waals surface area (Å²) in [5.41, 5.74) is 5.33. The fourth-order valence-electron chi connectivity index (χ4n) is 3.09. The molecular weight excluding hydrogens is 378 g/mol. The number of carbonyl (C=O) groups excluding carboxylic acids is 1. The number of hydrogen-bond donors (Lipinski definition) is 1. The molecule has 2 aromatic carbocycles. The normalized spacial score (nSPS) is 18.9. The van der Waals surface area contributed by atoms with Crippen LogP contribution in [-0.4, -0.2) is 17.0 Å². The lowest BCUT2D eigenvalue weighted by Crippen LogP contribution is -2.20. The summed E-state index contributed by atoms with van der Waals surface area (Å²) in [4.78, 5) is 22.6. The maximum Gasteiger partial charge on any atom is 0.288 e. The predicted molar refractivity (Wildman–Crippen MR) is 110 cm³/mol. The third kappa shape index (κ3) is 4.57. The average Bonchev–Trinajstić information content (AvgIpc) is 3.43. The number of rotatable bonds is 5. The largest absolute Gasteiger partial charge is 0.288 e. The second-order valence-corrected chi connectivity index (χ2v) is 8.43. The number of nitro benzene ring substituents is 1. The van der Waals surface area contributed by atoms with E-state index < -0.39 is 4.92 Å². The highest BCUT2D eigenvalue weighted by atomic mass is 35.5. The average molecular weight is 400 g/mol. The Morgan fingerprint density at radius 3 is 2.54 bits per heavy atom. The van der Waals surface area contributed by atoms with Crippen molar-refractivity contribution in [2.75, 3.05) is 0 Å². The Hall–Kier alpha value is -2.73. The second-order valence-electron chi connectivity index (χ2n) is 8.02. The van der Waals surface area contributed by atoms with E-state index in [0.29, 0.717) is 5.56 Å². The van der Waals surface area contributed by atoms with E-state index in [2.05, 4.69) is 55.6 Å². The number of nitrogens with one attached hydrogen (secondary N) is 1. The fourth-order valence-corrected chi connectivity index (χ4v) is 3.27. The van der Waals surface area contributed by atoms with E-state index in [1.807, 2.05) is 0 Å². The summed E-state index contributed by atoms with van der Waals surface area (Å²) in [5.74, 6) is -0.0392. The lowest BCUT2D eigenvalue weighted by Gasteiger charge is -2.19. The van der Waals surface area contributed by atoms with Crippen LogP contribution in [0.2, 0.25) is 5.02 Å². The lowest BCUT2D eigenvalue weighted by molar-refractivity contribution is -0.384. The van der Waals surface area contributed by atoms with Crippen molar-refractivity contribution in [3.63, 3.8) is 0 Å². The van der Waals surface area contributed by atoms with Gasteiger partial charge in [-0.2, -0.15) is 5.10 Å². The van der Waals surface area contributed by atoms with E-state index in [9.17, 15) is 14.9 Å². The first kappa shape index (κ1) is 20.0. The SMILES string of the molecule is CC(C)(C)c1ccc(C2CC2C(=O)NN=Cc2ccc(Cl)c([N+](=O)[O-])c2)cc1. The Morgan fingerprint density at radius 2 is 1.93 bits per heavy atom. The summed E-state index contributed by atoms with van der Waals surface area (Å²) in [7, 11) is 0. The summed E-state index contributed by atoms with van der Waals surface area (Å²) < 4.78 is 0. The first-order valence-electron chi connectivity index (χ1n) is 9.04. The summed E-state index contributed by atoms with van der Waals surface area (Å²) in [6.45, 7) is 6.51. The van der Waals surface area contributed by atoms with Gasteiger partial charge in [0.1, 0.15) is 5.02 Å². The molecule has 0 radical (unpaired) electrons. The molecule has 1 aliphatic rings. The van der Waals surface area contributed by atoms with Crippen LogP contribution in [0.3, 0.4) is 0 Å². The van der Waals surface area contributed by atoms with Crippen molar-refractivity contribution in [2.45, 2.75) is 38.5 Å². The molecule has 0 aromatic heterocycles. The quantitative estimate of drug-likeness (QED) is 0.445. The van der Waals surface area contributed by atoms with E-state index in [-0.39, 0.29) is 33.9 Å². The van der Waals surface area contributed by atoms with Crippen molar-refractivity contribution in [3.8, 4) is 0 Å². The van der Waals surface area contributed by atoms with Gasteiger partial charge in [-0.1, -0.05) is 62.7 Å². The van der Waals surface area contributed by atoms with Gasteiger partial charge in [0.15, 0.2) is 0 Å². The van der Waals surface area contributed by atoms with Crippen LogP contribution in [0, 0.1) is 16.0 Å². The topological polar surface area (TPSA) is 84.6 Å². The molecule has 0 bridgehead atoms. The number of benzene rings is 2. The van der Waals surface area contributed by atoms with Crippen LogP contribution in [0.4, 0.5) is 5.69 Å². The third-order valence-corrected chi connectivity index (χ3v) is 5.21. The van der Waals surface area contributed by atoms with Crippen LogP contribution in [0.25, 0.3) is 0 Å². The Bertz CT molecular complexity index is 933. The summed E-state index contributed by atoms with van der Waals surface area (Å²) in [6, 6.07) is 12.8. The number of halogens is 1. The Kier molecular flexibility index (Phi) is 5.52. The third-order valence-electron chi connectivity index (χ3n) is 4.89. The zero-order chi connectivity index (χ0) is 20.5. The Labute approximate surface area is 168 Å². The number of hydrogen-bond acceptors (Lipinski definition) is 4. The van der Waals surface area contributed by atoms with Gasteiger partial charge in [-0.25, -0.2) is 5.43 Å². The molecule has 3 rings (SSSR count). The second kappa shape index (κ2) is 7.72. The van der Waals surface area contributed by atoms with Crippen molar-refractivity contribution >= 4 is 29.4 Å². The van der Waals surface area contributed by atoms with Crippen LogP contribution in [0.1, 0.15) is 49.8 Å². The van der Waals surface area contributed by atoms with E-state index in [1.54, 1.807) is 6.07 Å². The molecule has 1 saturated carbocycles. The van der Waals surface area contributed by atoms with Gasteiger partial charge in [-0.05, 0) is 34.9 Å². The van der Waals surface area contributed by atoms with Gasteiger partial charge in [0.05, 0.1) is 11.1 Å². The minimum absolute atomic E-state index is 0.0597. The van der Waals surface area contributed by atoms with Crippen LogP contribution in [0.15, 0.2) is 47.6 Å². The van der Waals surface area contributed by atoms with Gasteiger partial charge in [-0.3, -0.25) is 14.9 Å². The molecule has 6 nitrogen and oxygen atoms in total. The summed E-state index contributed by atoms with van der Waals surface area (Å²) in [5, 5.41) is 14.9. The van der Waals surface area contributed by atoms with Gasteiger partial charge in [0.2, 0.25) is 5.91 Å². The highest BCUT2D eigenvalue weighted by Gasteiger charge is 2.44. The number of hydrazone groups is 1. The maximum absolute atomic E-state index is 12.3. The van der Waals surface area contributed by atoms with Crippen LogP contribution < -0.4 is 5.43 Å². The van der Waals surface area contributed by atoms with Crippen molar-refractivity contribution in [2.24, 2.45) is 11.0 Å². The van der Waals surface area contributed by atoms with E-state index >= 15 is 0 Å². The summed E-state index contributed by atoms with van der Waals surface area (Å²) in [6.07, 6.45) is 2.17. The molecule has 28 heavy (non-hydrogen) atoms. The van der Waals surface area contributed by atoms with Crippen molar-refractivity contribution in [3.05, 3.63) is 74.3 Å². The van der Waals surface area contributed by atoms with Crippen LogP contribution in [-0.2, 0) is 10.2 Å². The van der Waals surface area contributed by atoms with Crippen molar-refractivity contribution in [1.29, 1.82) is 0 Å². The van der Waals surface area contributed by atoms with Gasteiger partial charge < -0.3 is 0 Å². The molecule has 0 saturated heterocycles. The first-order chi connectivity index (χ1) is 13.2. The number of nitro groups is 1. The molecule has 2 aromatic rings. The molecule has 146 valence electrons. The number of carbonyl (C=O) groups is 1. The van der Waals surface area contributed by atoms with E-state index in [1.165, 1.54) is 23.9 Å². The van der Waals surface area contributed by atoms with E-state index in [0.717, 1.165) is 12.0 Å². The zero-order valence-electron chi connectivity index (χ0n) is 16.0. The molecule has 0 aliphatic heterocycles. The number of nitrogens with zero attached hydrogens (tertiary/aromatic N) is 2. The standard InChI is InChI=1S/C21H22ClN3O3/c1-21(2,3)15-7-5-14(6-8-15)16-11-17(16)20(26)24-23-12-13-4-9-18(22)19(10-13)25(27)28/h4-10,12,16-17H,11H2,1-3H3,(H,24,26). The molecule has 1 fully saturated rings. The summed E-state index contributed by atoms with van der Waals surface area (Å²) >= 11 is 5.78. The molecule has 0 heterocycles. The molecule has 7 heteroatoms. The Morgan fingerprint density at radius 1 is 1.25 bits per heavy atom. The van der Waals surface area contributed by atoms with Crippen LogP contribution >= 0.6 is 11.6 Å². The van der Waals surface area contributed by atoms with Crippen molar-refractivity contribution < 1.29 is 9.72 Å². The number of amides is 1. The van der Waals surface area contributed by atoms with Gasteiger partial charge in [0, 0.05) is 17.5 Å². The lowest BCUT2D eigenvalue weighted by atomic mass is 9.86. The predicted octanol–water partition coefficient (Wildman–Crippen LogP) is 4.80. The first-order valence-corrected chi connectivity index (χ1v) is 9.42. The highest BCUT2D eigenvalue weighted by molar-refractivity contribution is 6.32. The Balaban J connectivity index is 1.57. The van der Waals surface area contributed by atoms with Gasteiger partial charge >= 0.3 is 0 Å². The van der Waals surface area contributed by atoms with Gasteiger partial charge in [-0.15, -0.1) is 0 Å². The maximum atomic E-state index is 12.3. The molecule has 2 atom stereocenters. The monoisotopic (exact) mass is 399 g/mol. The van der Waals surface area contributed by atoms with E-state index in [4.69, 9.17) is 11.6 Å². The van der Waals surface area contributed by atoms with Gasteiger partial charge in [0.25, 0.3) is 5.69 Å².